The molecule has 1 atom stereocenters. The zero-order valence-electron chi connectivity index (χ0n) is 12.5. The van der Waals surface area contributed by atoms with E-state index in [1.54, 1.807) is 19.2 Å². The molecule has 1 fully saturated rings. The van der Waals surface area contributed by atoms with Gasteiger partial charge in [0, 0.05) is 32.2 Å². The van der Waals surface area contributed by atoms with E-state index in [1.165, 1.54) is 17.3 Å². The van der Waals surface area contributed by atoms with Crippen molar-refractivity contribution in [2.75, 3.05) is 25.5 Å². The van der Waals surface area contributed by atoms with Crippen LogP contribution < -0.4 is 10.6 Å². The van der Waals surface area contributed by atoms with Gasteiger partial charge in [0.05, 0.1) is 4.90 Å². The SMILES string of the molecule is CC(=O)Nc1cc(S(=O)(=O)N(C)C2CCNC2)ccc1C. The number of hydrogen-bond acceptors (Lipinski definition) is 4. The number of amides is 1. The van der Waals surface area contributed by atoms with Crippen LogP contribution in [0.3, 0.4) is 0 Å². The molecule has 2 N–H and O–H groups in total. The zero-order valence-corrected chi connectivity index (χ0v) is 13.3. The van der Waals surface area contributed by atoms with Crippen molar-refractivity contribution in [3.05, 3.63) is 23.8 Å². The summed E-state index contributed by atoms with van der Waals surface area (Å²) in [4.78, 5) is 11.4. The Morgan fingerprint density at radius 1 is 1.43 bits per heavy atom. The Kier molecular flexibility index (Phi) is 4.65. The second kappa shape index (κ2) is 6.13. The van der Waals surface area contributed by atoms with Gasteiger partial charge in [-0.1, -0.05) is 6.07 Å². The van der Waals surface area contributed by atoms with Crippen molar-refractivity contribution in [3.8, 4) is 0 Å². The normalized spacial score (nSPS) is 19.0. The van der Waals surface area contributed by atoms with Crippen LogP contribution in [0.4, 0.5) is 5.69 Å². The summed E-state index contributed by atoms with van der Waals surface area (Å²) in [6, 6.07) is 4.78. The molecule has 0 aliphatic carbocycles. The maximum atomic E-state index is 12.7. The first-order chi connectivity index (χ1) is 9.82. The first-order valence-electron chi connectivity index (χ1n) is 6.89. The van der Waals surface area contributed by atoms with Crippen molar-refractivity contribution in [2.24, 2.45) is 0 Å². The van der Waals surface area contributed by atoms with Gasteiger partial charge in [0.2, 0.25) is 15.9 Å². The molecule has 0 bridgehead atoms. The van der Waals surface area contributed by atoms with Crippen molar-refractivity contribution < 1.29 is 13.2 Å². The first-order valence-corrected chi connectivity index (χ1v) is 8.33. The highest BCUT2D eigenvalue weighted by Gasteiger charge is 2.30. The third kappa shape index (κ3) is 3.42. The lowest BCUT2D eigenvalue weighted by atomic mass is 10.2. The highest BCUT2D eigenvalue weighted by molar-refractivity contribution is 7.89. The van der Waals surface area contributed by atoms with Crippen LogP contribution in [0.15, 0.2) is 23.1 Å². The summed E-state index contributed by atoms with van der Waals surface area (Å²) in [5, 5.41) is 5.82. The smallest absolute Gasteiger partial charge is 0.243 e. The summed E-state index contributed by atoms with van der Waals surface area (Å²) in [5.74, 6) is -0.221. The molecule has 0 radical (unpaired) electrons. The van der Waals surface area contributed by atoms with Gasteiger partial charge in [0.15, 0.2) is 0 Å². The predicted molar refractivity (Wildman–Crippen MR) is 81.7 cm³/mol. The fourth-order valence-electron chi connectivity index (χ4n) is 2.40. The fraction of sp³-hybridized carbons (Fsp3) is 0.500. The molecule has 1 saturated heterocycles. The Morgan fingerprint density at radius 2 is 2.14 bits per heavy atom. The van der Waals surface area contributed by atoms with Gasteiger partial charge in [0.25, 0.3) is 0 Å². The molecule has 0 saturated carbocycles. The average Bonchev–Trinajstić information content (AvgIpc) is 2.93. The highest BCUT2D eigenvalue weighted by Crippen LogP contribution is 2.24. The van der Waals surface area contributed by atoms with E-state index in [0.29, 0.717) is 12.2 Å². The van der Waals surface area contributed by atoms with Gasteiger partial charge in [-0.25, -0.2) is 8.42 Å². The number of carbonyl (C=O) groups is 1. The Labute approximate surface area is 125 Å². The van der Waals surface area contributed by atoms with Gasteiger partial charge in [-0.3, -0.25) is 4.79 Å². The second-order valence-corrected chi connectivity index (χ2v) is 7.32. The summed E-state index contributed by atoms with van der Waals surface area (Å²) >= 11 is 0. The van der Waals surface area contributed by atoms with Crippen LogP contribution in [0.5, 0.6) is 0 Å². The molecule has 1 unspecified atom stereocenters. The van der Waals surface area contributed by atoms with Crippen molar-refractivity contribution in [2.45, 2.75) is 31.2 Å². The summed E-state index contributed by atoms with van der Waals surface area (Å²) in [7, 11) is -1.95. The molecule has 1 aromatic rings. The van der Waals surface area contributed by atoms with Crippen LogP contribution in [0, 0.1) is 6.92 Å². The van der Waals surface area contributed by atoms with Gasteiger partial charge in [0.1, 0.15) is 0 Å². The molecule has 1 amide bonds. The lowest BCUT2D eigenvalue weighted by Gasteiger charge is -2.23. The average molecular weight is 311 g/mol. The van der Waals surface area contributed by atoms with Crippen LogP contribution >= 0.6 is 0 Å². The van der Waals surface area contributed by atoms with Crippen molar-refractivity contribution in [1.82, 2.24) is 9.62 Å². The molecule has 0 aromatic heterocycles. The minimum Gasteiger partial charge on any atom is -0.326 e. The standard InChI is InChI=1S/C14H21N3O3S/c1-10-4-5-13(8-14(10)16-11(2)18)21(19,20)17(3)12-6-7-15-9-12/h4-5,8,12,15H,6-7,9H2,1-3H3,(H,16,18). The van der Waals surface area contributed by atoms with Crippen LogP contribution in [0.25, 0.3) is 0 Å². The molecule has 6 nitrogen and oxygen atoms in total. The Hall–Kier alpha value is -1.44. The van der Waals surface area contributed by atoms with Crippen LogP contribution in [-0.2, 0) is 14.8 Å². The number of nitrogens with one attached hydrogen (secondary N) is 2. The maximum absolute atomic E-state index is 12.7. The van der Waals surface area contributed by atoms with E-state index in [2.05, 4.69) is 10.6 Å². The summed E-state index contributed by atoms with van der Waals surface area (Å²) in [5.41, 5.74) is 1.36. The molecule has 1 aliphatic heterocycles. The lowest BCUT2D eigenvalue weighted by Crippen LogP contribution is -2.38. The predicted octanol–water partition coefficient (Wildman–Crippen LogP) is 0.936. The summed E-state index contributed by atoms with van der Waals surface area (Å²) < 4.78 is 26.7. The summed E-state index contributed by atoms with van der Waals surface area (Å²) in [6.07, 6.45) is 0.806. The monoisotopic (exact) mass is 311 g/mol. The molecule has 2 rings (SSSR count). The molecule has 0 spiro atoms. The number of nitrogens with zero attached hydrogens (tertiary/aromatic N) is 1. The second-order valence-electron chi connectivity index (χ2n) is 5.33. The van der Waals surface area contributed by atoms with Crippen molar-refractivity contribution in [1.29, 1.82) is 0 Å². The van der Waals surface area contributed by atoms with E-state index < -0.39 is 10.0 Å². The van der Waals surface area contributed by atoms with E-state index in [9.17, 15) is 13.2 Å². The Morgan fingerprint density at radius 3 is 2.71 bits per heavy atom. The third-order valence-electron chi connectivity index (χ3n) is 3.75. The number of aryl methyl sites for hydroxylation is 1. The van der Waals surface area contributed by atoms with E-state index in [0.717, 1.165) is 18.5 Å². The van der Waals surface area contributed by atoms with Gasteiger partial charge >= 0.3 is 0 Å². The number of anilines is 1. The number of carbonyl (C=O) groups excluding carboxylic acids is 1. The fourth-order valence-corrected chi connectivity index (χ4v) is 3.81. The minimum absolute atomic E-state index is 0.0273. The maximum Gasteiger partial charge on any atom is 0.243 e. The lowest BCUT2D eigenvalue weighted by molar-refractivity contribution is -0.114. The Balaban J connectivity index is 2.33. The van der Waals surface area contributed by atoms with E-state index in [4.69, 9.17) is 0 Å². The summed E-state index contributed by atoms with van der Waals surface area (Å²) in [6.45, 7) is 4.72. The van der Waals surface area contributed by atoms with Crippen molar-refractivity contribution in [3.63, 3.8) is 0 Å². The number of hydrogen-bond donors (Lipinski definition) is 2. The number of likely N-dealkylation sites (N-methyl/N-ethyl adjacent to an activating group) is 1. The van der Waals surface area contributed by atoms with E-state index >= 15 is 0 Å². The highest BCUT2D eigenvalue weighted by atomic mass is 32.2. The quantitative estimate of drug-likeness (QED) is 0.867. The molecule has 1 aliphatic rings. The minimum atomic E-state index is -3.56. The molecule has 1 heterocycles. The molecular formula is C14H21N3O3S. The van der Waals surface area contributed by atoms with E-state index in [-0.39, 0.29) is 16.8 Å². The van der Waals surface area contributed by atoms with Gasteiger partial charge in [-0.05, 0) is 37.6 Å². The van der Waals surface area contributed by atoms with Gasteiger partial charge < -0.3 is 10.6 Å². The number of sulfonamides is 1. The molecule has 116 valence electrons. The first kappa shape index (κ1) is 15.9. The number of benzene rings is 1. The molecular weight excluding hydrogens is 290 g/mol. The van der Waals surface area contributed by atoms with Gasteiger partial charge in [-0.15, -0.1) is 0 Å². The molecule has 21 heavy (non-hydrogen) atoms. The molecule has 7 heteroatoms. The number of rotatable bonds is 4. The molecule has 1 aromatic carbocycles. The van der Waals surface area contributed by atoms with Crippen LogP contribution in [0.1, 0.15) is 18.9 Å². The zero-order chi connectivity index (χ0) is 15.6. The third-order valence-corrected chi connectivity index (χ3v) is 5.65. The van der Waals surface area contributed by atoms with E-state index in [1.807, 2.05) is 6.92 Å². The van der Waals surface area contributed by atoms with Crippen LogP contribution in [-0.4, -0.2) is 44.8 Å². The largest absolute Gasteiger partial charge is 0.326 e. The van der Waals surface area contributed by atoms with Gasteiger partial charge in [-0.2, -0.15) is 4.31 Å². The topological polar surface area (TPSA) is 78.5 Å². The van der Waals surface area contributed by atoms with Crippen molar-refractivity contribution >= 4 is 21.6 Å². The Bertz CT molecular complexity index is 637. The van der Waals surface area contributed by atoms with Crippen LogP contribution in [0.2, 0.25) is 0 Å².